The number of rotatable bonds is 4. The van der Waals surface area contributed by atoms with Crippen molar-refractivity contribution in [2.24, 2.45) is 10.2 Å². The highest BCUT2D eigenvalue weighted by Crippen LogP contribution is 2.35. The number of halogens is 1. The van der Waals surface area contributed by atoms with Crippen LogP contribution in [0.15, 0.2) is 64.8 Å². The summed E-state index contributed by atoms with van der Waals surface area (Å²) >= 11 is 5.94. The molecule has 116 valence electrons. The lowest BCUT2D eigenvalue weighted by Gasteiger charge is -2.06. The van der Waals surface area contributed by atoms with E-state index in [0.29, 0.717) is 23.0 Å². The lowest BCUT2D eigenvalue weighted by atomic mass is 10.1. The van der Waals surface area contributed by atoms with Gasteiger partial charge in [0.15, 0.2) is 0 Å². The molecular formula is C18H15ClN2O2. The minimum atomic E-state index is 0.107. The fourth-order valence-electron chi connectivity index (χ4n) is 2.38. The van der Waals surface area contributed by atoms with Crippen molar-refractivity contribution in [2.75, 3.05) is 7.11 Å². The second-order valence-corrected chi connectivity index (χ2v) is 5.45. The SMILES string of the molecule is COc1cc(Cl)ccc1C/N=N/c1c(O)ccc2ccccc12. The van der Waals surface area contributed by atoms with Gasteiger partial charge in [-0.15, -0.1) is 0 Å². The zero-order valence-electron chi connectivity index (χ0n) is 12.5. The normalized spacial score (nSPS) is 11.2. The molecule has 0 aliphatic rings. The van der Waals surface area contributed by atoms with Crippen LogP contribution in [0.1, 0.15) is 5.56 Å². The summed E-state index contributed by atoms with van der Waals surface area (Å²) in [5, 5.41) is 20.9. The Morgan fingerprint density at radius 2 is 1.91 bits per heavy atom. The number of fused-ring (bicyclic) bond motifs is 1. The molecule has 0 aliphatic heterocycles. The van der Waals surface area contributed by atoms with Crippen LogP contribution in [0.2, 0.25) is 5.02 Å². The van der Waals surface area contributed by atoms with Gasteiger partial charge < -0.3 is 9.84 Å². The number of hydrogen-bond donors (Lipinski definition) is 1. The van der Waals surface area contributed by atoms with Gasteiger partial charge in [0.2, 0.25) is 0 Å². The quantitative estimate of drug-likeness (QED) is 0.644. The maximum atomic E-state index is 10.0. The van der Waals surface area contributed by atoms with Gasteiger partial charge in [0, 0.05) is 16.0 Å². The molecule has 5 heteroatoms. The van der Waals surface area contributed by atoms with Crippen LogP contribution < -0.4 is 4.74 Å². The number of nitrogens with zero attached hydrogens (tertiary/aromatic N) is 2. The minimum Gasteiger partial charge on any atom is -0.506 e. The highest BCUT2D eigenvalue weighted by atomic mass is 35.5. The predicted octanol–water partition coefficient (Wildman–Crippen LogP) is 5.49. The molecular weight excluding hydrogens is 312 g/mol. The summed E-state index contributed by atoms with van der Waals surface area (Å²) in [5.41, 5.74) is 1.34. The van der Waals surface area contributed by atoms with E-state index in [0.717, 1.165) is 16.3 Å². The van der Waals surface area contributed by atoms with Gasteiger partial charge in [0.1, 0.15) is 17.2 Å². The number of aromatic hydroxyl groups is 1. The van der Waals surface area contributed by atoms with Gasteiger partial charge in [-0.05, 0) is 23.6 Å². The van der Waals surface area contributed by atoms with E-state index in [4.69, 9.17) is 16.3 Å². The first-order chi connectivity index (χ1) is 11.2. The van der Waals surface area contributed by atoms with E-state index in [1.807, 2.05) is 36.4 Å². The molecule has 0 heterocycles. The van der Waals surface area contributed by atoms with Crippen molar-refractivity contribution >= 4 is 28.1 Å². The zero-order valence-corrected chi connectivity index (χ0v) is 13.3. The summed E-state index contributed by atoms with van der Waals surface area (Å²) in [5.74, 6) is 0.772. The molecule has 3 aromatic rings. The van der Waals surface area contributed by atoms with Crippen LogP contribution >= 0.6 is 11.6 Å². The standard InChI is InChI=1S/C18H15ClN2O2/c1-23-17-10-14(19)8-6-13(17)11-20-21-18-15-5-3-2-4-12(15)7-9-16(18)22/h2-10,22H,11H2,1H3/b21-20+. The molecule has 0 aliphatic carbocycles. The van der Waals surface area contributed by atoms with Crippen LogP contribution in [0.25, 0.3) is 10.8 Å². The topological polar surface area (TPSA) is 54.2 Å². The predicted molar refractivity (Wildman–Crippen MR) is 91.8 cm³/mol. The van der Waals surface area contributed by atoms with Crippen molar-refractivity contribution in [3.63, 3.8) is 0 Å². The number of hydrogen-bond acceptors (Lipinski definition) is 4. The van der Waals surface area contributed by atoms with E-state index < -0.39 is 0 Å². The molecule has 0 amide bonds. The lowest BCUT2D eigenvalue weighted by Crippen LogP contribution is -1.90. The Kier molecular flexibility index (Phi) is 4.44. The average molecular weight is 327 g/mol. The van der Waals surface area contributed by atoms with E-state index in [1.54, 1.807) is 25.3 Å². The van der Waals surface area contributed by atoms with Crippen LogP contribution in [-0.2, 0) is 6.54 Å². The van der Waals surface area contributed by atoms with Gasteiger partial charge in [-0.25, -0.2) is 0 Å². The largest absolute Gasteiger partial charge is 0.506 e. The Morgan fingerprint density at radius 1 is 1.09 bits per heavy atom. The van der Waals surface area contributed by atoms with Crippen molar-refractivity contribution in [1.82, 2.24) is 0 Å². The molecule has 3 rings (SSSR count). The Balaban J connectivity index is 1.91. The van der Waals surface area contributed by atoms with Crippen molar-refractivity contribution in [2.45, 2.75) is 6.54 Å². The Labute approximate surface area is 139 Å². The Morgan fingerprint density at radius 3 is 2.74 bits per heavy atom. The molecule has 0 radical (unpaired) electrons. The van der Waals surface area contributed by atoms with Crippen LogP contribution in [0.3, 0.4) is 0 Å². The summed E-state index contributed by atoms with van der Waals surface area (Å²) in [4.78, 5) is 0. The molecule has 0 fully saturated rings. The number of phenols is 1. The third-order valence-electron chi connectivity index (χ3n) is 3.54. The summed E-state index contributed by atoms with van der Waals surface area (Å²) < 4.78 is 5.29. The molecule has 0 bridgehead atoms. The number of phenolic OH excluding ortho intramolecular Hbond substituents is 1. The second kappa shape index (κ2) is 6.67. The third kappa shape index (κ3) is 3.27. The van der Waals surface area contributed by atoms with Gasteiger partial charge >= 0.3 is 0 Å². The Hall–Kier alpha value is -2.59. The molecule has 23 heavy (non-hydrogen) atoms. The van der Waals surface area contributed by atoms with E-state index in [2.05, 4.69) is 10.2 Å². The maximum Gasteiger partial charge on any atom is 0.143 e. The first-order valence-electron chi connectivity index (χ1n) is 7.09. The van der Waals surface area contributed by atoms with Crippen molar-refractivity contribution in [3.8, 4) is 11.5 Å². The molecule has 0 atom stereocenters. The van der Waals surface area contributed by atoms with Crippen LogP contribution in [0, 0.1) is 0 Å². The summed E-state index contributed by atoms with van der Waals surface area (Å²) in [6, 6.07) is 16.6. The summed E-state index contributed by atoms with van der Waals surface area (Å²) in [6.45, 7) is 0.336. The van der Waals surface area contributed by atoms with Gasteiger partial charge in [0.25, 0.3) is 0 Å². The molecule has 0 spiro atoms. The summed E-state index contributed by atoms with van der Waals surface area (Å²) in [6.07, 6.45) is 0. The Bertz CT molecular complexity index is 878. The van der Waals surface area contributed by atoms with Crippen LogP contribution in [0.4, 0.5) is 5.69 Å². The smallest absolute Gasteiger partial charge is 0.143 e. The fourth-order valence-corrected chi connectivity index (χ4v) is 2.54. The van der Waals surface area contributed by atoms with Gasteiger partial charge in [-0.3, -0.25) is 0 Å². The molecule has 0 unspecified atom stereocenters. The van der Waals surface area contributed by atoms with Crippen LogP contribution in [0.5, 0.6) is 11.5 Å². The monoisotopic (exact) mass is 326 g/mol. The average Bonchev–Trinajstić information content (AvgIpc) is 2.58. The van der Waals surface area contributed by atoms with E-state index in [-0.39, 0.29) is 5.75 Å². The molecule has 4 nitrogen and oxygen atoms in total. The second-order valence-electron chi connectivity index (χ2n) is 5.01. The number of methoxy groups -OCH3 is 1. The highest BCUT2D eigenvalue weighted by Gasteiger charge is 2.06. The number of benzene rings is 3. The van der Waals surface area contributed by atoms with E-state index in [1.165, 1.54) is 0 Å². The molecule has 0 saturated heterocycles. The number of ether oxygens (including phenoxy) is 1. The van der Waals surface area contributed by atoms with Crippen molar-refractivity contribution in [3.05, 3.63) is 65.2 Å². The molecule has 0 aromatic heterocycles. The van der Waals surface area contributed by atoms with Gasteiger partial charge in [-0.2, -0.15) is 10.2 Å². The molecule has 0 saturated carbocycles. The number of azo groups is 1. The first kappa shape index (κ1) is 15.3. The fraction of sp³-hybridized carbons (Fsp3) is 0.111. The van der Waals surface area contributed by atoms with E-state index >= 15 is 0 Å². The van der Waals surface area contributed by atoms with Gasteiger partial charge in [-0.1, -0.05) is 48.0 Å². The van der Waals surface area contributed by atoms with E-state index in [9.17, 15) is 5.11 Å². The zero-order chi connectivity index (χ0) is 16.2. The highest BCUT2D eigenvalue weighted by molar-refractivity contribution is 6.30. The van der Waals surface area contributed by atoms with Crippen LogP contribution in [-0.4, -0.2) is 12.2 Å². The maximum absolute atomic E-state index is 10.0. The summed E-state index contributed by atoms with van der Waals surface area (Å²) in [7, 11) is 1.59. The van der Waals surface area contributed by atoms with Crippen molar-refractivity contribution < 1.29 is 9.84 Å². The van der Waals surface area contributed by atoms with Gasteiger partial charge in [0.05, 0.1) is 13.7 Å². The lowest BCUT2D eigenvalue weighted by molar-refractivity contribution is 0.409. The van der Waals surface area contributed by atoms with Crippen molar-refractivity contribution in [1.29, 1.82) is 0 Å². The molecule has 1 N–H and O–H groups in total. The first-order valence-corrected chi connectivity index (χ1v) is 7.47. The third-order valence-corrected chi connectivity index (χ3v) is 3.78. The molecule has 3 aromatic carbocycles. The minimum absolute atomic E-state index is 0.107.